The highest BCUT2D eigenvalue weighted by Gasteiger charge is 2.43. The lowest BCUT2D eigenvalue weighted by molar-refractivity contribution is -0.116. The van der Waals surface area contributed by atoms with Crippen LogP contribution in [0, 0.1) is 0 Å². The lowest BCUT2D eigenvalue weighted by atomic mass is 10.1. The number of hydrogen-bond donors (Lipinski definition) is 3. The van der Waals surface area contributed by atoms with E-state index < -0.39 is 24.6 Å². The first-order valence-electron chi connectivity index (χ1n) is 5.06. The number of benzene rings is 1. The first-order valence-corrected chi connectivity index (χ1v) is 5.06. The fourth-order valence-electron chi connectivity index (χ4n) is 1.60. The summed E-state index contributed by atoms with van der Waals surface area (Å²) < 4.78 is 10.5. The molecule has 2 rings (SSSR count). The van der Waals surface area contributed by atoms with E-state index in [4.69, 9.17) is 14.6 Å². The lowest BCUT2D eigenvalue weighted by Gasteiger charge is -2.16. The zero-order chi connectivity index (χ0) is 11.5. The zero-order valence-electron chi connectivity index (χ0n) is 8.56. The Hall–Kier alpha value is -1.14. The second kappa shape index (κ2) is 4.80. The summed E-state index contributed by atoms with van der Waals surface area (Å²) in [7, 11) is 0. The van der Waals surface area contributed by atoms with Crippen molar-refractivity contribution in [2.75, 3.05) is 6.61 Å². The van der Waals surface area contributed by atoms with Gasteiger partial charge in [0.05, 0.1) is 6.61 Å². The first-order chi connectivity index (χ1) is 7.72. The molecule has 1 aromatic rings. The molecule has 4 atom stereocenters. The van der Waals surface area contributed by atoms with Crippen LogP contribution in [0.2, 0.25) is 0 Å². The Morgan fingerprint density at radius 1 is 1.12 bits per heavy atom. The molecular formula is C11H14O5. The van der Waals surface area contributed by atoms with Gasteiger partial charge in [-0.2, -0.15) is 0 Å². The van der Waals surface area contributed by atoms with Gasteiger partial charge < -0.3 is 24.8 Å². The minimum absolute atomic E-state index is 0.354. The van der Waals surface area contributed by atoms with Crippen LogP contribution in [-0.4, -0.2) is 46.5 Å². The van der Waals surface area contributed by atoms with Crippen molar-refractivity contribution in [1.82, 2.24) is 0 Å². The van der Waals surface area contributed by atoms with E-state index in [1.54, 1.807) is 24.3 Å². The van der Waals surface area contributed by atoms with Crippen molar-refractivity contribution in [1.29, 1.82) is 0 Å². The number of ether oxygens (including phenoxy) is 2. The molecule has 16 heavy (non-hydrogen) atoms. The van der Waals surface area contributed by atoms with Crippen LogP contribution >= 0.6 is 0 Å². The van der Waals surface area contributed by atoms with Crippen molar-refractivity contribution >= 4 is 0 Å². The molecule has 0 saturated carbocycles. The molecule has 0 aliphatic carbocycles. The maximum Gasteiger partial charge on any atom is 0.229 e. The molecule has 1 aliphatic rings. The van der Waals surface area contributed by atoms with Crippen LogP contribution < -0.4 is 4.74 Å². The monoisotopic (exact) mass is 226 g/mol. The fourth-order valence-corrected chi connectivity index (χ4v) is 1.60. The van der Waals surface area contributed by atoms with E-state index in [0.717, 1.165) is 0 Å². The zero-order valence-corrected chi connectivity index (χ0v) is 8.56. The Morgan fingerprint density at radius 3 is 2.38 bits per heavy atom. The number of aliphatic hydroxyl groups is 3. The van der Waals surface area contributed by atoms with Gasteiger partial charge in [0, 0.05) is 0 Å². The smallest absolute Gasteiger partial charge is 0.229 e. The molecule has 5 nitrogen and oxygen atoms in total. The molecule has 0 aromatic heterocycles. The standard InChI is InChI=1S/C11H14O5/c12-6-8-9(13)10(14)11(16-8)15-7-4-2-1-3-5-7/h1-5,8-14H,6H2/t8-,9?,10?,11?/m0/s1. The average molecular weight is 226 g/mol. The van der Waals surface area contributed by atoms with E-state index in [2.05, 4.69) is 0 Å². The van der Waals surface area contributed by atoms with Crippen LogP contribution in [0.1, 0.15) is 0 Å². The summed E-state index contributed by atoms with van der Waals surface area (Å²) in [5, 5.41) is 28.0. The van der Waals surface area contributed by atoms with E-state index >= 15 is 0 Å². The minimum Gasteiger partial charge on any atom is -0.462 e. The van der Waals surface area contributed by atoms with Gasteiger partial charge in [0.25, 0.3) is 0 Å². The van der Waals surface area contributed by atoms with Gasteiger partial charge in [-0.05, 0) is 12.1 Å². The highest BCUT2D eigenvalue weighted by molar-refractivity contribution is 5.21. The molecular weight excluding hydrogens is 212 g/mol. The molecule has 0 amide bonds. The average Bonchev–Trinajstić information content (AvgIpc) is 2.58. The van der Waals surface area contributed by atoms with Gasteiger partial charge in [0.2, 0.25) is 6.29 Å². The van der Waals surface area contributed by atoms with E-state index in [1.165, 1.54) is 0 Å². The highest BCUT2D eigenvalue weighted by Crippen LogP contribution is 2.24. The van der Waals surface area contributed by atoms with E-state index in [1.807, 2.05) is 6.07 Å². The molecule has 3 unspecified atom stereocenters. The van der Waals surface area contributed by atoms with Crippen molar-refractivity contribution in [3.63, 3.8) is 0 Å². The summed E-state index contributed by atoms with van der Waals surface area (Å²) in [4.78, 5) is 0. The molecule has 1 saturated heterocycles. The molecule has 0 radical (unpaired) electrons. The third kappa shape index (κ3) is 2.17. The van der Waals surface area contributed by atoms with Gasteiger partial charge in [-0.25, -0.2) is 0 Å². The number of aliphatic hydroxyl groups excluding tert-OH is 3. The highest BCUT2D eigenvalue weighted by atomic mass is 16.7. The van der Waals surface area contributed by atoms with Gasteiger partial charge in [-0.1, -0.05) is 18.2 Å². The van der Waals surface area contributed by atoms with Crippen LogP contribution in [0.25, 0.3) is 0 Å². The van der Waals surface area contributed by atoms with Gasteiger partial charge in [-0.15, -0.1) is 0 Å². The fraction of sp³-hybridized carbons (Fsp3) is 0.455. The van der Waals surface area contributed by atoms with E-state index in [0.29, 0.717) is 5.75 Å². The predicted octanol–water partition coefficient (Wildman–Crippen LogP) is -0.496. The number of rotatable bonds is 3. The molecule has 88 valence electrons. The Balaban J connectivity index is 2.01. The van der Waals surface area contributed by atoms with Crippen LogP contribution in [0.4, 0.5) is 0 Å². The van der Waals surface area contributed by atoms with Gasteiger partial charge in [0.15, 0.2) is 0 Å². The number of hydrogen-bond acceptors (Lipinski definition) is 5. The van der Waals surface area contributed by atoms with Crippen LogP contribution in [-0.2, 0) is 4.74 Å². The molecule has 1 fully saturated rings. The summed E-state index contributed by atoms with van der Waals surface area (Å²) in [6.45, 7) is -0.354. The largest absolute Gasteiger partial charge is 0.462 e. The van der Waals surface area contributed by atoms with Gasteiger partial charge >= 0.3 is 0 Å². The third-order valence-electron chi connectivity index (χ3n) is 2.49. The van der Waals surface area contributed by atoms with E-state index in [-0.39, 0.29) is 6.61 Å². The summed E-state index contributed by atoms with van der Waals surface area (Å²) in [5.74, 6) is 0.539. The quantitative estimate of drug-likeness (QED) is 0.648. The van der Waals surface area contributed by atoms with Crippen molar-refractivity contribution in [3.05, 3.63) is 30.3 Å². The Morgan fingerprint density at radius 2 is 1.81 bits per heavy atom. The van der Waals surface area contributed by atoms with Crippen molar-refractivity contribution in [2.24, 2.45) is 0 Å². The van der Waals surface area contributed by atoms with Crippen LogP contribution in [0.3, 0.4) is 0 Å². The minimum atomic E-state index is -1.16. The Labute approximate surface area is 92.9 Å². The van der Waals surface area contributed by atoms with Gasteiger partial charge in [-0.3, -0.25) is 0 Å². The summed E-state index contributed by atoms with van der Waals surface area (Å²) >= 11 is 0. The molecule has 1 aromatic carbocycles. The molecule has 5 heteroatoms. The number of para-hydroxylation sites is 1. The second-order valence-corrected chi connectivity index (χ2v) is 3.64. The maximum absolute atomic E-state index is 9.61. The van der Waals surface area contributed by atoms with Crippen LogP contribution in [0.5, 0.6) is 5.75 Å². The molecule has 3 N–H and O–H groups in total. The normalized spacial score (nSPS) is 33.9. The molecule has 1 aliphatic heterocycles. The molecule has 1 heterocycles. The topological polar surface area (TPSA) is 79.2 Å². The summed E-state index contributed by atoms with van der Waals surface area (Å²) in [5.41, 5.74) is 0. The lowest BCUT2D eigenvalue weighted by Crippen LogP contribution is -2.35. The summed E-state index contributed by atoms with van der Waals surface area (Å²) in [6, 6.07) is 8.85. The third-order valence-corrected chi connectivity index (χ3v) is 2.49. The second-order valence-electron chi connectivity index (χ2n) is 3.64. The van der Waals surface area contributed by atoms with Crippen molar-refractivity contribution in [2.45, 2.75) is 24.6 Å². The molecule has 0 bridgehead atoms. The Kier molecular flexibility index (Phi) is 3.40. The van der Waals surface area contributed by atoms with Crippen LogP contribution in [0.15, 0.2) is 30.3 Å². The van der Waals surface area contributed by atoms with E-state index in [9.17, 15) is 10.2 Å². The van der Waals surface area contributed by atoms with Crippen molar-refractivity contribution < 1.29 is 24.8 Å². The SMILES string of the molecule is OC[C@@H]1OC(Oc2ccccc2)C(O)C1O. The summed E-state index contributed by atoms with van der Waals surface area (Å²) in [6.07, 6.45) is -4.03. The maximum atomic E-state index is 9.61. The molecule has 0 spiro atoms. The van der Waals surface area contributed by atoms with Crippen molar-refractivity contribution in [3.8, 4) is 5.75 Å². The first kappa shape index (κ1) is 11.3. The predicted molar refractivity (Wildman–Crippen MR) is 54.8 cm³/mol. The Bertz CT molecular complexity index is 328. The van der Waals surface area contributed by atoms with Gasteiger partial charge in [0.1, 0.15) is 24.1 Å².